The van der Waals surface area contributed by atoms with Crippen molar-refractivity contribution in [2.45, 2.75) is 0 Å². The van der Waals surface area contributed by atoms with Crippen molar-refractivity contribution in [2.24, 2.45) is 0 Å². The predicted molar refractivity (Wildman–Crippen MR) is 167 cm³/mol. The fourth-order valence-corrected chi connectivity index (χ4v) is 17.6. The van der Waals surface area contributed by atoms with E-state index in [4.69, 9.17) is 6.03 Å². The third-order valence-electron chi connectivity index (χ3n) is 6.63. The summed E-state index contributed by atoms with van der Waals surface area (Å²) in [6.07, 6.45) is 6.18. The normalized spacial score (nSPS) is 12.4. The second-order valence-corrected chi connectivity index (χ2v) is 20.2. The van der Waals surface area contributed by atoms with E-state index in [0.29, 0.717) is 10.5 Å². The van der Waals surface area contributed by atoms with Gasteiger partial charge in [-0.25, -0.2) is 0 Å². The molecule has 0 aliphatic rings. The summed E-state index contributed by atoms with van der Waals surface area (Å²) < 4.78 is 15.4. The Labute approximate surface area is 242 Å². The van der Waals surface area contributed by atoms with Crippen LogP contribution in [0.15, 0.2) is 164 Å². The van der Waals surface area contributed by atoms with Crippen LogP contribution in [0.3, 0.4) is 0 Å². The van der Waals surface area contributed by atoms with Crippen LogP contribution in [0.4, 0.5) is 0 Å². The van der Waals surface area contributed by atoms with Crippen LogP contribution >= 0.6 is 0 Å². The molecule has 0 spiro atoms. The summed E-state index contributed by atoms with van der Waals surface area (Å²) >= 11 is -5.90. The van der Waals surface area contributed by atoms with Crippen LogP contribution in [0.2, 0.25) is 0 Å². The molecule has 0 amide bonds. The van der Waals surface area contributed by atoms with Gasteiger partial charge in [0.2, 0.25) is 0 Å². The van der Waals surface area contributed by atoms with Crippen molar-refractivity contribution in [3.8, 4) is 0 Å². The predicted octanol–water partition coefficient (Wildman–Crippen LogP) is 5.62. The number of rotatable bonds is 9. The van der Waals surface area contributed by atoms with E-state index in [0.717, 1.165) is 11.1 Å². The molecule has 0 bridgehead atoms. The molecule has 5 rings (SSSR count). The Kier molecular flexibility index (Phi) is 8.62. The number of carbonyl (C=O) groups excluding carboxylic acids is 2. The zero-order valence-corrected chi connectivity index (χ0v) is 24.9. The van der Waals surface area contributed by atoms with E-state index < -0.39 is 30.2 Å². The van der Waals surface area contributed by atoms with E-state index in [1.54, 1.807) is 12.2 Å². The molecule has 0 heterocycles. The van der Waals surface area contributed by atoms with Crippen molar-refractivity contribution < 1.29 is 15.6 Å². The van der Waals surface area contributed by atoms with Crippen LogP contribution in [0, 0.1) is 0 Å². The Balaban J connectivity index is 1.74. The molecule has 0 aliphatic heterocycles. The van der Waals surface area contributed by atoms with Gasteiger partial charge in [-0.1, -0.05) is 0 Å². The Bertz CT molecular complexity index is 1480. The van der Waals surface area contributed by atoms with E-state index in [9.17, 15) is 9.59 Å². The van der Waals surface area contributed by atoms with Crippen LogP contribution < -0.4 is 10.5 Å². The standard InChI is InChI=1S/2C9H8O2.3C6H5.Sb/c2*10-9(11)7-6-8-4-2-1-3-5-8;3*1-2-4-6-5-3-1;/h2*1-7H,(H,10,11);3*1-5H;/q;;;;;+2/p-2/b2*7-6+;;;;. The molecule has 5 aromatic carbocycles. The molecule has 0 fully saturated rings. The van der Waals surface area contributed by atoms with Gasteiger partial charge in [-0.2, -0.15) is 0 Å². The van der Waals surface area contributed by atoms with Crippen LogP contribution in [0.25, 0.3) is 12.2 Å². The van der Waals surface area contributed by atoms with Crippen LogP contribution in [-0.2, 0) is 15.6 Å². The Morgan fingerprint density at radius 3 is 0.976 bits per heavy atom. The summed E-state index contributed by atoms with van der Waals surface area (Å²) in [5.41, 5.74) is 1.69. The third-order valence-corrected chi connectivity index (χ3v) is 20.2. The topological polar surface area (TPSA) is 52.6 Å². The minimum atomic E-state index is -5.90. The van der Waals surface area contributed by atoms with Gasteiger partial charge in [-0.3, -0.25) is 0 Å². The zero-order valence-electron chi connectivity index (χ0n) is 22.3. The Morgan fingerprint density at radius 1 is 0.415 bits per heavy atom. The average molecular weight is 647 g/mol. The maximum atomic E-state index is 13.9. The second-order valence-electron chi connectivity index (χ2n) is 9.27. The molecule has 0 aromatic heterocycles. The van der Waals surface area contributed by atoms with Gasteiger partial charge in [0.05, 0.1) is 0 Å². The Morgan fingerprint density at radius 2 is 0.683 bits per heavy atom. The second kappa shape index (κ2) is 12.7. The van der Waals surface area contributed by atoms with Gasteiger partial charge in [-0.05, 0) is 0 Å². The summed E-state index contributed by atoms with van der Waals surface area (Å²) in [6, 6.07) is 47.1. The quantitative estimate of drug-likeness (QED) is 0.154. The minimum absolute atomic E-state index is 0.605. The molecular formula is C36H29O4Sb. The third kappa shape index (κ3) is 5.94. The Hall–Kier alpha value is -4.66. The molecule has 5 aromatic rings. The SMILES string of the molecule is O=C(/C=C/c1ccccc1)[O][Sb]([O]C(=O)/C=C/c1ccccc1)([c]1ccccc1)([c]1ccccc1)[c]1ccccc1. The molecule has 0 N–H and O–H groups in total. The zero-order chi connectivity index (χ0) is 28.4. The van der Waals surface area contributed by atoms with Crippen molar-refractivity contribution in [1.29, 1.82) is 0 Å². The van der Waals surface area contributed by atoms with E-state index in [1.807, 2.05) is 152 Å². The molecule has 0 saturated heterocycles. The molecule has 0 unspecified atom stereocenters. The van der Waals surface area contributed by atoms with E-state index in [2.05, 4.69) is 0 Å². The molecule has 0 radical (unpaired) electrons. The maximum absolute atomic E-state index is 13.9. The summed E-state index contributed by atoms with van der Waals surface area (Å²) in [7, 11) is 0. The molecule has 5 heteroatoms. The van der Waals surface area contributed by atoms with E-state index >= 15 is 0 Å². The monoisotopic (exact) mass is 646 g/mol. The van der Waals surface area contributed by atoms with E-state index in [-0.39, 0.29) is 0 Å². The van der Waals surface area contributed by atoms with Gasteiger partial charge < -0.3 is 0 Å². The van der Waals surface area contributed by atoms with Crippen molar-refractivity contribution in [2.75, 3.05) is 0 Å². The molecular weight excluding hydrogens is 618 g/mol. The first-order valence-electron chi connectivity index (χ1n) is 13.2. The fourth-order valence-electron chi connectivity index (χ4n) is 4.74. The molecule has 4 nitrogen and oxygen atoms in total. The first kappa shape index (κ1) is 27.9. The summed E-state index contributed by atoms with van der Waals surface area (Å²) in [6.45, 7) is 0. The number of hydrogen-bond acceptors (Lipinski definition) is 4. The fraction of sp³-hybridized carbons (Fsp3) is 0. The van der Waals surface area contributed by atoms with Gasteiger partial charge >= 0.3 is 243 Å². The van der Waals surface area contributed by atoms with Crippen LogP contribution in [-0.4, -0.2) is 30.2 Å². The molecule has 0 saturated carbocycles. The van der Waals surface area contributed by atoms with Gasteiger partial charge in [0, 0.05) is 0 Å². The average Bonchev–Trinajstić information content (AvgIpc) is 3.05. The van der Waals surface area contributed by atoms with Gasteiger partial charge in [0.1, 0.15) is 0 Å². The summed E-state index contributed by atoms with van der Waals surface area (Å²) in [5, 5.41) is 0. The van der Waals surface area contributed by atoms with Crippen LogP contribution in [0.1, 0.15) is 11.1 Å². The summed E-state index contributed by atoms with van der Waals surface area (Å²) in [5.74, 6) is -1.21. The molecule has 41 heavy (non-hydrogen) atoms. The molecule has 0 atom stereocenters. The number of carbonyl (C=O) groups is 2. The molecule has 202 valence electrons. The molecule has 0 aliphatic carbocycles. The van der Waals surface area contributed by atoms with Gasteiger partial charge in [-0.15, -0.1) is 0 Å². The van der Waals surface area contributed by atoms with Crippen molar-refractivity contribution >= 4 is 52.9 Å². The first-order valence-corrected chi connectivity index (χ1v) is 19.1. The summed E-state index contributed by atoms with van der Waals surface area (Å²) in [4.78, 5) is 27.7. The van der Waals surface area contributed by atoms with Crippen molar-refractivity contribution in [1.82, 2.24) is 0 Å². The number of hydrogen-bond donors (Lipinski definition) is 0. The van der Waals surface area contributed by atoms with Crippen molar-refractivity contribution in [3.05, 3.63) is 175 Å². The van der Waals surface area contributed by atoms with Crippen molar-refractivity contribution in [3.63, 3.8) is 0 Å². The van der Waals surface area contributed by atoms with Gasteiger partial charge in [0.25, 0.3) is 0 Å². The van der Waals surface area contributed by atoms with E-state index in [1.165, 1.54) is 12.2 Å². The van der Waals surface area contributed by atoms with Crippen LogP contribution in [0.5, 0.6) is 0 Å². The first-order chi connectivity index (χ1) is 20.1. The van der Waals surface area contributed by atoms with Gasteiger partial charge in [0.15, 0.2) is 0 Å². The number of benzene rings is 5.